The van der Waals surface area contributed by atoms with Crippen molar-refractivity contribution in [1.29, 1.82) is 0 Å². The molecule has 0 radical (unpaired) electrons. The standard InChI is InChI=1S/C11H16N4O2/c1-3-7-6-8(7)13-11-9(15(16)17)4-5-10(12-2)14-11/h4-5,7-8H,3,6H2,1-2H3,(H2,12,13,14). The van der Waals surface area contributed by atoms with Gasteiger partial charge in [0.2, 0.25) is 5.82 Å². The van der Waals surface area contributed by atoms with Gasteiger partial charge in [-0.1, -0.05) is 13.3 Å². The Kier molecular flexibility index (Phi) is 3.12. The van der Waals surface area contributed by atoms with E-state index in [4.69, 9.17) is 0 Å². The molecule has 2 N–H and O–H groups in total. The van der Waals surface area contributed by atoms with Gasteiger partial charge in [-0.3, -0.25) is 10.1 Å². The van der Waals surface area contributed by atoms with E-state index in [0.29, 0.717) is 23.6 Å². The summed E-state index contributed by atoms with van der Waals surface area (Å²) in [5, 5.41) is 16.9. The molecule has 1 aliphatic rings. The third kappa shape index (κ3) is 2.46. The summed E-state index contributed by atoms with van der Waals surface area (Å²) in [6.45, 7) is 2.12. The van der Waals surface area contributed by atoms with Crippen LogP contribution in [0.4, 0.5) is 17.3 Å². The summed E-state index contributed by atoms with van der Waals surface area (Å²) < 4.78 is 0. The number of hydrogen-bond acceptors (Lipinski definition) is 5. The molecule has 2 unspecified atom stereocenters. The number of pyridine rings is 1. The number of nitrogens with zero attached hydrogens (tertiary/aromatic N) is 2. The Hall–Kier alpha value is -1.85. The normalized spacial score (nSPS) is 22.0. The molecule has 6 nitrogen and oxygen atoms in total. The Bertz CT molecular complexity index is 435. The lowest BCUT2D eigenvalue weighted by Crippen LogP contribution is -2.09. The summed E-state index contributed by atoms with van der Waals surface area (Å²) in [6, 6.07) is 3.41. The second-order valence-corrected chi connectivity index (χ2v) is 4.23. The van der Waals surface area contributed by atoms with E-state index in [2.05, 4.69) is 22.5 Å². The van der Waals surface area contributed by atoms with Crippen LogP contribution in [0.1, 0.15) is 19.8 Å². The van der Waals surface area contributed by atoms with Crippen LogP contribution in [-0.2, 0) is 0 Å². The molecule has 0 aliphatic heterocycles. The van der Waals surface area contributed by atoms with E-state index in [-0.39, 0.29) is 5.69 Å². The molecule has 0 spiro atoms. The van der Waals surface area contributed by atoms with Gasteiger partial charge in [0.25, 0.3) is 0 Å². The molecule has 92 valence electrons. The summed E-state index contributed by atoms with van der Waals surface area (Å²) in [7, 11) is 1.74. The number of hydrogen-bond donors (Lipinski definition) is 2. The fourth-order valence-electron chi connectivity index (χ4n) is 1.90. The summed E-state index contributed by atoms with van der Waals surface area (Å²) in [5.74, 6) is 1.62. The lowest BCUT2D eigenvalue weighted by atomic mass is 10.3. The van der Waals surface area contributed by atoms with Crippen LogP contribution in [0.5, 0.6) is 0 Å². The molecular weight excluding hydrogens is 220 g/mol. The quantitative estimate of drug-likeness (QED) is 0.605. The van der Waals surface area contributed by atoms with Gasteiger partial charge in [0, 0.05) is 19.2 Å². The fourth-order valence-corrected chi connectivity index (χ4v) is 1.90. The topological polar surface area (TPSA) is 80.1 Å². The summed E-state index contributed by atoms with van der Waals surface area (Å²) >= 11 is 0. The minimum atomic E-state index is -0.405. The first-order chi connectivity index (χ1) is 8.15. The number of rotatable bonds is 5. The zero-order chi connectivity index (χ0) is 12.4. The van der Waals surface area contributed by atoms with Crippen LogP contribution in [0.25, 0.3) is 0 Å². The molecule has 0 amide bonds. The van der Waals surface area contributed by atoms with Gasteiger partial charge in [-0.2, -0.15) is 0 Å². The Morgan fingerprint density at radius 3 is 2.88 bits per heavy atom. The SMILES string of the molecule is CCC1CC1Nc1nc(NC)ccc1[N+](=O)[O-]. The van der Waals surface area contributed by atoms with Gasteiger partial charge in [0.1, 0.15) is 5.82 Å². The number of aromatic nitrogens is 1. The van der Waals surface area contributed by atoms with E-state index in [9.17, 15) is 10.1 Å². The van der Waals surface area contributed by atoms with Crippen LogP contribution in [0, 0.1) is 16.0 Å². The van der Waals surface area contributed by atoms with Crippen molar-refractivity contribution < 1.29 is 4.92 Å². The van der Waals surface area contributed by atoms with Gasteiger partial charge in [-0.25, -0.2) is 4.98 Å². The van der Waals surface area contributed by atoms with Gasteiger partial charge in [0.15, 0.2) is 0 Å². The molecule has 6 heteroatoms. The molecule has 1 aromatic heterocycles. The lowest BCUT2D eigenvalue weighted by molar-refractivity contribution is -0.384. The van der Waals surface area contributed by atoms with Crippen LogP contribution in [-0.4, -0.2) is 23.0 Å². The average Bonchev–Trinajstić information content (AvgIpc) is 3.07. The third-order valence-electron chi connectivity index (χ3n) is 3.10. The van der Waals surface area contributed by atoms with E-state index in [1.165, 1.54) is 6.07 Å². The Morgan fingerprint density at radius 1 is 1.59 bits per heavy atom. The number of anilines is 2. The fraction of sp³-hybridized carbons (Fsp3) is 0.545. The maximum atomic E-state index is 10.9. The molecule has 1 fully saturated rings. The molecular formula is C11H16N4O2. The first-order valence-electron chi connectivity index (χ1n) is 5.75. The van der Waals surface area contributed by atoms with Crippen molar-refractivity contribution in [1.82, 2.24) is 4.98 Å². The highest BCUT2D eigenvalue weighted by molar-refractivity contribution is 5.61. The third-order valence-corrected chi connectivity index (χ3v) is 3.10. The minimum Gasteiger partial charge on any atom is -0.373 e. The monoisotopic (exact) mass is 236 g/mol. The van der Waals surface area contributed by atoms with Crippen LogP contribution < -0.4 is 10.6 Å². The Morgan fingerprint density at radius 2 is 2.35 bits per heavy atom. The minimum absolute atomic E-state index is 0.0331. The van der Waals surface area contributed by atoms with Crippen LogP contribution in [0.3, 0.4) is 0 Å². The first-order valence-corrected chi connectivity index (χ1v) is 5.75. The van der Waals surface area contributed by atoms with E-state index < -0.39 is 4.92 Å². The maximum absolute atomic E-state index is 10.9. The van der Waals surface area contributed by atoms with Crippen molar-refractivity contribution in [3.05, 3.63) is 22.2 Å². The lowest BCUT2D eigenvalue weighted by Gasteiger charge is -2.07. The van der Waals surface area contributed by atoms with Crippen molar-refractivity contribution in [3.8, 4) is 0 Å². The molecule has 1 heterocycles. The molecule has 0 bridgehead atoms. The summed E-state index contributed by atoms with van der Waals surface area (Å²) in [5.41, 5.74) is 0.0331. The molecule has 1 saturated carbocycles. The van der Waals surface area contributed by atoms with Crippen molar-refractivity contribution in [2.24, 2.45) is 5.92 Å². The smallest absolute Gasteiger partial charge is 0.311 e. The Labute approximate surface area is 99.6 Å². The van der Waals surface area contributed by atoms with E-state index in [0.717, 1.165) is 12.8 Å². The predicted molar refractivity (Wildman–Crippen MR) is 66.2 cm³/mol. The number of nitrogens with one attached hydrogen (secondary N) is 2. The average molecular weight is 236 g/mol. The van der Waals surface area contributed by atoms with Crippen molar-refractivity contribution >= 4 is 17.3 Å². The molecule has 2 atom stereocenters. The van der Waals surface area contributed by atoms with Gasteiger partial charge >= 0.3 is 5.69 Å². The van der Waals surface area contributed by atoms with E-state index in [1.807, 2.05) is 0 Å². The van der Waals surface area contributed by atoms with E-state index in [1.54, 1.807) is 13.1 Å². The van der Waals surface area contributed by atoms with Crippen LogP contribution >= 0.6 is 0 Å². The number of nitro groups is 1. The predicted octanol–water partition coefficient (Wildman–Crippen LogP) is 2.24. The maximum Gasteiger partial charge on any atom is 0.311 e. The molecule has 1 aliphatic carbocycles. The van der Waals surface area contributed by atoms with Gasteiger partial charge in [0.05, 0.1) is 4.92 Å². The van der Waals surface area contributed by atoms with Crippen molar-refractivity contribution in [3.63, 3.8) is 0 Å². The summed E-state index contributed by atoms with van der Waals surface area (Å²) in [4.78, 5) is 14.7. The molecule has 2 rings (SSSR count). The zero-order valence-electron chi connectivity index (χ0n) is 9.93. The second kappa shape index (κ2) is 4.57. The van der Waals surface area contributed by atoms with Gasteiger partial charge in [-0.15, -0.1) is 0 Å². The molecule has 17 heavy (non-hydrogen) atoms. The van der Waals surface area contributed by atoms with Crippen LogP contribution in [0.2, 0.25) is 0 Å². The van der Waals surface area contributed by atoms with Crippen molar-refractivity contribution in [2.75, 3.05) is 17.7 Å². The van der Waals surface area contributed by atoms with Gasteiger partial charge < -0.3 is 10.6 Å². The highest BCUT2D eigenvalue weighted by Gasteiger charge is 2.36. The van der Waals surface area contributed by atoms with Gasteiger partial charge in [-0.05, 0) is 18.4 Å². The Balaban J connectivity index is 2.20. The zero-order valence-corrected chi connectivity index (χ0v) is 9.93. The second-order valence-electron chi connectivity index (χ2n) is 4.23. The van der Waals surface area contributed by atoms with Crippen molar-refractivity contribution in [2.45, 2.75) is 25.8 Å². The largest absolute Gasteiger partial charge is 0.373 e. The highest BCUT2D eigenvalue weighted by Crippen LogP contribution is 2.37. The van der Waals surface area contributed by atoms with E-state index >= 15 is 0 Å². The van der Waals surface area contributed by atoms with Crippen LogP contribution in [0.15, 0.2) is 12.1 Å². The summed E-state index contributed by atoms with van der Waals surface area (Å²) in [6.07, 6.45) is 2.16. The molecule has 1 aromatic rings. The molecule has 0 aromatic carbocycles. The first kappa shape index (κ1) is 11.6. The molecule has 0 saturated heterocycles. The highest BCUT2D eigenvalue weighted by atomic mass is 16.6.